The number of Topliss-reactive ketones (excluding diaryl/α,β-unsaturated/α-hetero) is 1. The SMILES string of the molecule is C.C.C=C(C)[C@@H]1CC=C(C)CC1.C=C(C)[C@H]1CCC2(C)OC2C1.CC(=O)O[C@@H]1CC=C(C)CC1.CC(=O)O[C@H]1CCC2(C)OC2C1.CC(=O)[C@H]1CCC2(C)OC2C1.CC(C)(C)OC(=O)OC(=O)OC(C)(C)C.CC1=CC[C@@H](O)CC1.CC1=CC[C@@H](OS(=O)(=O)c2ccc(C)cc2)CC1.CC1=CC[C@H](N)CC1.CC1=CC[C@H](NC(=O)OC(C)(C)C)CC1.Cc1ccc(S(=O)(=O)Cl)cc1.OOO.[AlH3].[H-].[Li+].[Y]. The van der Waals surface area contributed by atoms with Gasteiger partial charge in [0.2, 0.25) is 0 Å². The van der Waals surface area contributed by atoms with Crippen LogP contribution >= 0.6 is 10.7 Å². The van der Waals surface area contributed by atoms with Gasteiger partial charge in [-0.25, -0.2) is 33.3 Å². The molecule has 1 amide bonds. The van der Waals surface area contributed by atoms with Crippen LogP contribution < -0.4 is 29.9 Å². The van der Waals surface area contributed by atoms with Gasteiger partial charge in [0.25, 0.3) is 19.2 Å². The number of halogens is 1. The summed E-state index contributed by atoms with van der Waals surface area (Å²) in [5.74, 6) is 1.78. The Hall–Kier alpha value is -4.96. The number of carbonyl (C=O) groups excluding carboxylic acids is 6. The number of aliphatic hydroxyl groups is 1. The van der Waals surface area contributed by atoms with Gasteiger partial charge in [0, 0.05) is 88.1 Å². The number of epoxide rings is 3. The summed E-state index contributed by atoms with van der Waals surface area (Å²) < 4.78 is 96.6. The summed E-state index contributed by atoms with van der Waals surface area (Å²) >= 11 is 0. The van der Waals surface area contributed by atoms with Crippen molar-refractivity contribution in [2.45, 2.75) is 460 Å². The number of allylic oxidation sites excluding steroid dienone is 9. The third-order valence-corrected chi connectivity index (χ3v) is 27.2. The van der Waals surface area contributed by atoms with Crippen LogP contribution in [0.3, 0.4) is 0 Å². The van der Waals surface area contributed by atoms with Crippen molar-refractivity contribution in [1.82, 2.24) is 5.32 Å². The second-order valence-corrected chi connectivity index (χ2v) is 45.1. The summed E-state index contributed by atoms with van der Waals surface area (Å²) in [5.41, 5.74) is 17.7. The fourth-order valence-electron chi connectivity index (χ4n) is 15.5. The zero-order valence-corrected chi connectivity index (χ0v) is 91.5. The summed E-state index contributed by atoms with van der Waals surface area (Å²) in [7, 11) is -2.09. The number of esters is 2. The number of fused-ring (bicyclic) bond motifs is 3. The van der Waals surface area contributed by atoms with E-state index in [-0.39, 0.29) is 166 Å². The minimum Gasteiger partial charge on any atom is -1.00 e. The standard InChI is InChI=1S/C14H18O3S.C12H21NO2.C10H18O5.C10H16O.C10H16.C9H14O3.2C9H14O2.C7H7ClO2S.C7H13N.C7H12O.2CH4.Al.Li.H2O3.Y.4H/c1-11-3-7-13(8-4-11)17-18(15,16)14-9-5-12(2)6-10-14;1-9-5-7-10(8-6-9)13-11(14)15-12(2,3)4;1-9(2,3)14-7(11)13-8(12)15-10(4,5)6;1-7(2)8-4-5-10(3)9(6-8)11-10;1-8(2)10-6-4-9(3)5-7-10;1-6(10)11-7-3-4-9(2)8(5-7)12-9;1-6(10)7-3-4-9(2)8(5-7)11-9;1-7-3-5-9(6-4-7)11-8(2)10;1-6-2-4-7(5-3-6)11(8,9)10;2*1-6-2-4-7(8)5-3-6;;;;;1-3-2;;;;;/h3,5-6,9-10,13H,4,7-8H2,1-2H3;5,10H,6-8H2,1-4H3,(H,13,14);1-6H3;8-9H,1,4-6H2,2-3H3;4,10H,1,5-7H2,2-3H3;7-8H,3-5H2,1-2H3;7-8H,3-5H2,1-2H3;3,9H,4-6H2,1-2H3;2-5H,1H3;2,7H,3-5,8H2,1H3;2,7-8H,3-5H2,1H3;2*1H4;;;1-2H;;;;;/q;;;;;;;;;;;;;;+1;;;;;;-1/t13-;10-;;8-,9?,10?;10-;2*7-,8?,9?;9-;;2*7-;;;;;;;;;;/m10.01001.01........../s1. The third kappa shape index (κ3) is 60.1. The first kappa shape index (κ1) is 137. The van der Waals surface area contributed by atoms with Gasteiger partial charge < -0.3 is 60.2 Å². The zero-order valence-electron chi connectivity index (χ0n) is 87.3. The Morgan fingerprint density at radius 2 is 0.826 bits per heavy atom. The molecule has 6 fully saturated rings. The van der Waals surface area contributed by atoms with E-state index in [1.165, 1.54) is 116 Å². The molecule has 6 N–H and O–H groups in total. The van der Waals surface area contributed by atoms with E-state index in [1.54, 1.807) is 90.4 Å². The van der Waals surface area contributed by atoms with Crippen molar-refractivity contribution in [3.8, 4) is 0 Å². The number of nitrogens with two attached hydrogens (primary N) is 1. The number of alkyl carbamates (subject to hydrolysis) is 1. The summed E-state index contributed by atoms with van der Waals surface area (Å²) in [5, 5.41) is 27.4. The van der Waals surface area contributed by atoms with E-state index < -0.39 is 48.3 Å². The Morgan fingerprint density at radius 1 is 0.471 bits per heavy atom. The number of nitrogens with one attached hydrogen (secondary N) is 1. The van der Waals surface area contributed by atoms with Crippen LogP contribution in [0.4, 0.5) is 14.4 Å². The Kier molecular flexibility index (Phi) is 65.1. The number of ether oxygens (including phenoxy) is 9. The van der Waals surface area contributed by atoms with Crippen molar-refractivity contribution in [3.05, 3.63) is 154 Å². The minimum atomic E-state index is -3.62. The topological polar surface area (TPSA) is 381 Å². The molecule has 26 nitrogen and oxygen atoms in total. The number of ketones is 1. The monoisotopic (exact) mass is 2080 g/mol. The van der Waals surface area contributed by atoms with Gasteiger partial charge in [-0.15, -0.1) is 0 Å². The van der Waals surface area contributed by atoms with Gasteiger partial charge in [-0.1, -0.05) is 149 Å². The number of hydrogen-bond acceptors (Lipinski definition) is 25. The number of amides is 1. The van der Waals surface area contributed by atoms with E-state index in [0.29, 0.717) is 36.6 Å². The third-order valence-electron chi connectivity index (χ3n) is 24.4. The van der Waals surface area contributed by atoms with Gasteiger partial charge in [0.05, 0.1) is 57.1 Å². The number of rotatable bonds is 10. The van der Waals surface area contributed by atoms with Crippen LogP contribution in [0.15, 0.2) is 153 Å². The normalized spacial score (nSPS) is 26.2. The van der Waals surface area contributed by atoms with Crippen LogP contribution in [0.1, 0.15) is 360 Å². The van der Waals surface area contributed by atoms with Crippen molar-refractivity contribution < 1.29 is 166 Å². The molecular formula is C106H177AlClLiN2O24S2Y. The molecule has 3 saturated carbocycles. The average Bonchev–Trinajstić information content (AvgIpc) is 1.61. The van der Waals surface area contributed by atoms with Gasteiger partial charge in [-0.3, -0.25) is 18.6 Å². The molecule has 0 bridgehead atoms. The molecule has 14 rings (SSSR count). The summed E-state index contributed by atoms with van der Waals surface area (Å²) in [6, 6.07) is 13.8. The van der Waals surface area contributed by atoms with E-state index in [2.05, 4.69) is 141 Å². The largest absolute Gasteiger partial charge is 1.00 e. The Balaban J connectivity index is -0.000000720. The molecule has 9 aliphatic carbocycles. The smallest absolute Gasteiger partial charge is 1.00 e. The second kappa shape index (κ2) is 65.5. The first-order valence-corrected chi connectivity index (χ1v) is 50.9. The molecule has 2 aromatic carbocycles. The molecule has 0 spiro atoms. The van der Waals surface area contributed by atoms with Gasteiger partial charge in [0.1, 0.15) is 34.8 Å². The summed E-state index contributed by atoms with van der Waals surface area (Å²) in [6.07, 6.45) is 40.1. The van der Waals surface area contributed by atoms with E-state index in [9.17, 15) is 45.6 Å². The van der Waals surface area contributed by atoms with Crippen LogP contribution in [0.5, 0.6) is 0 Å². The number of aryl methyl sites for hydroxylation is 2. The Bertz CT molecular complexity index is 4410. The molecule has 32 heteroatoms. The van der Waals surface area contributed by atoms with Crippen LogP contribution in [0.2, 0.25) is 0 Å². The number of benzene rings is 2. The molecule has 781 valence electrons. The maximum atomic E-state index is 12.1. The van der Waals surface area contributed by atoms with Gasteiger partial charge in [-0.05, 0) is 356 Å². The molecule has 3 aliphatic heterocycles. The molecule has 138 heavy (non-hydrogen) atoms. The summed E-state index contributed by atoms with van der Waals surface area (Å²) in [4.78, 5) is 66.1. The fourth-order valence-corrected chi connectivity index (χ4v) is 17.4. The minimum absolute atomic E-state index is 0. The van der Waals surface area contributed by atoms with Gasteiger partial charge >= 0.3 is 49.2 Å². The van der Waals surface area contributed by atoms with Gasteiger partial charge in [0.15, 0.2) is 17.4 Å². The van der Waals surface area contributed by atoms with Crippen molar-refractivity contribution in [3.63, 3.8) is 0 Å². The predicted molar refractivity (Wildman–Crippen MR) is 548 cm³/mol. The molecule has 1 radical (unpaired) electrons. The maximum Gasteiger partial charge on any atom is 1.00 e. The molecule has 2 aromatic rings. The van der Waals surface area contributed by atoms with E-state index in [4.69, 9.17) is 74.1 Å². The maximum absolute atomic E-state index is 12.1. The van der Waals surface area contributed by atoms with Crippen LogP contribution in [-0.2, 0) is 118 Å². The predicted octanol–water partition coefficient (Wildman–Crippen LogP) is 21.7. The van der Waals surface area contributed by atoms with Crippen molar-refractivity contribution in [1.29, 1.82) is 0 Å². The molecule has 6 unspecified atom stereocenters. The van der Waals surface area contributed by atoms with Crippen molar-refractivity contribution in [2.75, 3.05) is 0 Å². The van der Waals surface area contributed by atoms with Crippen LogP contribution in [-0.4, -0.2) is 174 Å². The molecule has 3 heterocycles. The van der Waals surface area contributed by atoms with Crippen molar-refractivity contribution in [2.24, 2.45) is 23.5 Å². The van der Waals surface area contributed by atoms with E-state index >= 15 is 0 Å². The number of aliphatic hydroxyl groups excluding tert-OH is 1. The van der Waals surface area contributed by atoms with Gasteiger partial charge in [-0.2, -0.15) is 8.42 Å². The van der Waals surface area contributed by atoms with Crippen LogP contribution in [0.25, 0.3) is 0 Å². The second-order valence-electron chi connectivity index (χ2n) is 41.0. The van der Waals surface area contributed by atoms with E-state index in [1.807, 2.05) is 34.6 Å². The number of carbonyl (C=O) groups is 6. The fraction of sp³-hybridized carbons (Fsp3) is 0.679. The molecule has 15 atom stereocenters. The number of hydrogen-bond donors (Lipinski definition) is 5. The van der Waals surface area contributed by atoms with Crippen molar-refractivity contribution >= 4 is 83.3 Å². The quantitative estimate of drug-likeness (QED) is 0.0141. The zero-order chi connectivity index (χ0) is 101. The molecular weight excluding hydrogens is 1910 g/mol. The van der Waals surface area contributed by atoms with Crippen LogP contribution in [0, 0.1) is 31.6 Å². The first-order chi connectivity index (χ1) is 61.5. The molecule has 0 aromatic heterocycles. The molecule has 3 saturated heterocycles. The molecule has 12 aliphatic rings. The first-order valence-electron chi connectivity index (χ1n) is 47.2. The summed E-state index contributed by atoms with van der Waals surface area (Å²) in [6.45, 7) is 55.6. The van der Waals surface area contributed by atoms with E-state index in [0.717, 1.165) is 139 Å². The average molecular weight is 2090 g/mol. The Morgan fingerprint density at radius 3 is 1.15 bits per heavy atom. The Labute approximate surface area is 884 Å².